The maximum absolute atomic E-state index is 12.2. The lowest BCUT2D eigenvalue weighted by atomic mass is 10.1. The van der Waals surface area contributed by atoms with Crippen molar-refractivity contribution in [1.29, 1.82) is 0 Å². The molecule has 0 unspecified atom stereocenters. The number of rotatable bonds is 3. The Morgan fingerprint density at radius 2 is 1.62 bits per heavy atom. The molecule has 0 bridgehead atoms. The van der Waals surface area contributed by atoms with E-state index in [-0.39, 0.29) is 17.2 Å². The molecule has 1 heterocycles. The molecule has 0 aliphatic carbocycles. The number of hydrogen-bond acceptors (Lipinski definition) is 2. The zero-order valence-electron chi connectivity index (χ0n) is 12.8. The van der Waals surface area contributed by atoms with Crippen molar-refractivity contribution in [2.45, 2.75) is 33.2 Å². The van der Waals surface area contributed by atoms with Crippen molar-refractivity contribution in [3.8, 4) is 0 Å². The van der Waals surface area contributed by atoms with E-state index in [0.29, 0.717) is 16.8 Å². The molecule has 0 aliphatic rings. The minimum atomic E-state index is -0.159. The molecule has 0 saturated heterocycles. The number of benzene rings is 1. The molecule has 1 amide bonds. The molecular weight excluding hydrogens is 264 g/mol. The van der Waals surface area contributed by atoms with Gasteiger partial charge in [0.25, 0.3) is 5.91 Å². The predicted octanol–water partition coefficient (Wildman–Crippen LogP) is 3.70. The summed E-state index contributed by atoms with van der Waals surface area (Å²) in [5, 5.41) is 2.83. The summed E-state index contributed by atoms with van der Waals surface area (Å²) in [6, 6.07) is 8.67. The molecule has 0 saturated carbocycles. The molecule has 0 spiro atoms. The number of amides is 1. The summed E-state index contributed by atoms with van der Waals surface area (Å²) in [4.78, 5) is 23.4. The van der Waals surface area contributed by atoms with E-state index in [1.165, 1.54) is 6.92 Å². The summed E-state index contributed by atoms with van der Waals surface area (Å²) in [5.74, 6) is -0.149. The fraction of sp³-hybridized carbons (Fsp3) is 0.294. The second kappa shape index (κ2) is 5.56. The second-order valence-corrected chi connectivity index (χ2v) is 6.07. The molecular formula is C17H20N2O2. The average molecular weight is 284 g/mol. The van der Waals surface area contributed by atoms with Crippen LogP contribution in [-0.2, 0) is 5.54 Å². The van der Waals surface area contributed by atoms with Gasteiger partial charge >= 0.3 is 0 Å². The lowest BCUT2D eigenvalue weighted by Crippen LogP contribution is -2.20. The highest BCUT2D eigenvalue weighted by molar-refractivity contribution is 6.04. The van der Waals surface area contributed by atoms with Gasteiger partial charge in [0, 0.05) is 29.2 Å². The molecule has 4 heteroatoms. The number of hydrogen-bond donors (Lipinski definition) is 1. The molecule has 0 atom stereocenters. The van der Waals surface area contributed by atoms with Crippen molar-refractivity contribution in [2.75, 3.05) is 5.32 Å². The van der Waals surface area contributed by atoms with Crippen molar-refractivity contribution < 1.29 is 9.59 Å². The van der Waals surface area contributed by atoms with Gasteiger partial charge in [0.1, 0.15) is 0 Å². The molecule has 1 aromatic heterocycles. The molecule has 0 fully saturated rings. The van der Waals surface area contributed by atoms with E-state index in [1.54, 1.807) is 30.3 Å². The first-order chi connectivity index (χ1) is 9.77. The molecule has 4 nitrogen and oxygen atoms in total. The number of ketones is 1. The van der Waals surface area contributed by atoms with E-state index in [0.717, 1.165) is 0 Å². The Morgan fingerprint density at radius 1 is 1.00 bits per heavy atom. The number of aromatic nitrogens is 1. The van der Waals surface area contributed by atoms with Gasteiger partial charge in [-0.1, -0.05) is 0 Å². The Kier molecular flexibility index (Phi) is 3.98. The van der Waals surface area contributed by atoms with Crippen LogP contribution in [0.3, 0.4) is 0 Å². The van der Waals surface area contributed by atoms with Crippen LogP contribution < -0.4 is 5.32 Å². The Balaban J connectivity index is 2.11. The van der Waals surface area contributed by atoms with Crippen LogP contribution in [0.4, 0.5) is 5.69 Å². The molecule has 1 N–H and O–H groups in total. The molecule has 0 radical (unpaired) electrons. The van der Waals surface area contributed by atoms with E-state index in [2.05, 4.69) is 26.1 Å². The van der Waals surface area contributed by atoms with E-state index < -0.39 is 0 Å². The maximum atomic E-state index is 12.2. The molecule has 0 aliphatic heterocycles. The second-order valence-electron chi connectivity index (χ2n) is 6.07. The fourth-order valence-electron chi connectivity index (χ4n) is 1.94. The van der Waals surface area contributed by atoms with Crippen LogP contribution in [0.1, 0.15) is 48.4 Å². The fourth-order valence-corrected chi connectivity index (χ4v) is 1.94. The van der Waals surface area contributed by atoms with Crippen LogP contribution in [0.15, 0.2) is 42.7 Å². The predicted molar refractivity (Wildman–Crippen MR) is 83.8 cm³/mol. The van der Waals surface area contributed by atoms with E-state index >= 15 is 0 Å². The van der Waals surface area contributed by atoms with Crippen molar-refractivity contribution in [2.24, 2.45) is 0 Å². The molecule has 21 heavy (non-hydrogen) atoms. The van der Waals surface area contributed by atoms with Gasteiger partial charge in [0.05, 0.1) is 5.56 Å². The van der Waals surface area contributed by atoms with Crippen molar-refractivity contribution in [3.05, 3.63) is 53.9 Å². The standard InChI is InChI=1S/C17H20N2O2/c1-12(20)13-5-7-15(8-6-13)18-16(21)14-9-10-19(11-14)17(2,3)4/h5-11H,1-4H3,(H,18,21). The van der Waals surface area contributed by atoms with Gasteiger partial charge in [-0.3, -0.25) is 9.59 Å². The number of carbonyl (C=O) groups is 2. The Labute approximate surface area is 124 Å². The highest BCUT2D eigenvalue weighted by Crippen LogP contribution is 2.17. The Morgan fingerprint density at radius 3 is 2.10 bits per heavy atom. The highest BCUT2D eigenvalue weighted by atomic mass is 16.1. The number of nitrogens with one attached hydrogen (secondary N) is 1. The van der Waals surface area contributed by atoms with E-state index in [4.69, 9.17) is 0 Å². The average Bonchev–Trinajstić information content (AvgIpc) is 2.88. The smallest absolute Gasteiger partial charge is 0.257 e. The topological polar surface area (TPSA) is 51.1 Å². The monoisotopic (exact) mass is 284 g/mol. The summed E-state index contributed by atoms with van der Waals surface area (Å²) in [7, 11) is 0. The highest BCUT2D eigenvalue weighted by Gasteiger charge is 2.15. The lowest BCUT2D eigenvalue weighted by molar-refractivity contribution is 0.101. The van der Waals surface area contributed by atoms with Crippen LogP contribution in [0, 0.1) is 0 Å². The van der Waals surface area contributed by atoms with Crippen molar-refractivity contribution in [1.82, 2.24) is 4.57 Å². The minimum Gasteiger partial charge on any atom is -0.348 e. The van der Waals surface area contributed by atoms with Crippen LogP contribution >= 0.6 is 0 Å². The van der Waals surface area contributed by atoms with Crippen LogP contribution in [0.2, 0.25) is 0 Å². The molecule has 110 valence electrons. The largest absolute Gasteiger partial charge is 0.348 e. The van der Waals surface area contributed by atoms with Gasteiger partial charge in [-0.2, -0.15) is 0 Å². The van der Waals surface area contributed by atoms with Crippen LogP contribution in [0.5, 0.6) is 0 Å². The summed E-state index contributed by atoms with van der Waals surface area (Å²) in [5.41, 5.74) is 1.86. The third-order valence-electron chi connectivity index (χ3n) is 3.28. The van der Waals surface area contributed by atoms with Crippen molar-refractivity contribution in [3.63, 3.8) is 0 Å². The van der Waals surface area contributed by atoms with Gasteiger partial charge in [-0.25, -0.2) is 0 Å². The van der Waals surface area contributed by atoms with Crippen LogP contribution in [0.25, 0.3) is 0 Å². The zero-order chi connectivity index (χ0) is 15.6. The van der Waals surface area contributed by atoms with E-state index in [1.807, 2.05) is 17.0 Å². The number of carbonyl (C=O) groups excluding carboxylic acids is 2. The minimum absolute atomic E-state index is 0.00938. The van der Waals surface area contributed by atoms with Gasteiger partial charge < -0.3 is 9.88 Å². The number of nitrogens with zero attached hydrogens (tertiary/aromatic N) is 1. The third kappa shape index (κ3) is 3.60. The quantitative estimate of drug-likeness (QED) is 0.874. The summed E-state index contributed by atoms with van der Waals surface area (Å²) in [6.07, 6.45) is 3.73. The summed E-state index contributed by atoms with van der Waals surface area (Å²) < 4.78 is 2.00. The third-order valence-corrected chi connectivity index (χ3v) is 3.28. The molecule has 2 rings (SSSR count). The van der Waals surface area contributed by atoms with Gasteiger partial charge in [0.2, 0.25) is 0 Å². The molecule has 2 aromatic rings. The Hall–Kier alpha value is -2.36. The Bertz CT molecular complexity index is 661. The maximum Gasteiger partial charge on any atom is 0.257 e. The molecule has 1 aromatic carbocycles. The SMILES string of the molecule is CC(=O)c1ccc(NC(=O)c2ccn(C(C)(C)C)c2)cc1. The number of Topliss-reactive ketones (excluding diaryl/α,β-unsaturated/α-hetero) is 1. The first-order valence-electron chi connectivity index (χ1n) is 6.88. The summed E-state index contributed by atoms with van der Waals surface area (Å²) in [6.45, 7) is 7.75. The van der Waals surface area contributed by atoms with E-state index in [9.17, 15) is 9.59 Å². The first kappa shape index (κ1) is 15.0. The number of anilines is 1. The van der Waals surface area contributed by atoms with Gasteiger partial charge in [-0.15, -0.1) is 0 Å². The summed E-state index contributed by atoms with van der Waals surface area (Å²) >= 11 is 0. The zero-order valence-corrected chi connectivity index (χ0v) is 12.8. The lowest BCUT2D eigenvalue weighted by Gasteiger charge is -2.20. The van der Waals surface area contributed by atoms with Gasteiger partial charge in [-0.05, 0) is 58.0 Å². The van der Waals surface area contributed by atoms with Gasteiger partial charge in [0.15, 0.2) is 5.78 Å². The normalized spacial score (nSPS) is 11.2. The van der Waals surface area contributed by atoms with Crippen molar-refractivity contribution >= 4 is 17.4 Å². The van der Waals surface area contributed by atoms with Crippen LogP contribution in [-0.4, -0.2) is 16.3 Å². The first-order valence-corrected chi connectivity index (χ1v) is 6.88.